The quantitative estimate of drug-likeness (QED) is 0.835. The molecule has 0 bridgehead atoms. The van der Waals surface area contributed by atoms with Gasteiger partial charge in [0.25, 0.3) is 0 Å². The molecule has 0 atom stereocenters. The Morgan fingerprint density at radius 1 is 1.18 bits per heavy atom. The van der Waals surface area contributed by atoms with Gasteiger partial charge in [-0.3, -0.25) is 0 Å². The smallest absolute Gasteiger partial charge is 0.207 e. The Labute approximate surface area is 106 Å². The zero-order chi connectivity index (χ0) is 12.5. The fourth-order valence-corrected chi connectivity index (χ4v) is 2.90. The molecule has 0 aliphatic carbocycles. The second-order valence-electron chi connectivity index (χ2n) is 3.69. The minimum atomic E-state index is -3.49. The summed E-state index contributed by atoms with van der Waals surface area (Å²) in [7, 11) is -3.49. The standard InChI is InChI=1S/C13H10ClO2S/c1-10-3-2-4-13(9-10)17(15,16)12-7-5-11(14)6-8-12/h2-7,9H,1H3. The Hall–Kier alpha value is -1.32. The normalized spacial score (nSPS) is 11.4. The van der Waals surface area contributed by atoms with Crippen molar-refractivity contribution >= 4 is 21.4 Å². The first-order valence-electron chi connectivity index (χ1n) is 4.99. The first-order valence-corrected chi connectivity index (χ1v) is 6.85. The molecule has 0 unspecified atom stereocenters. The average molecular weight is 266 g/mol. The highest BCUT2D eigenvalue weighted by atomic mass is 35.5. The summed E-state index contributed by atoms with van der Waals surface area (Å²) in [6.45, 7) is 1.85. The van der Waals surface area contributed by atoms with Crippen LogP contribution in [-0.2, 0) is 9.84 Å². The Morgan fingerprint density at radius 3 is 2.53 bits per heavy atom. The monoisotopic (exact) mass is 265 g/mol. The van der Waals surface area contributed by atoms with Crippen molar-refractivity contribution in [1.82, 2.24) is 0 Å². The second kappa shape index (κ2) is 4.51. The molecule has 2 aromatic rings. The first-order chi connectivity index (χ1) is 8.00. The number of aryl methyl sites for hydroxylation is 1. The first kappa shape index (κ1) is 12.1. The van der Waals surface area contributed by atoms with Gasteiger partial charge in [-0.25, -0.2) is 8.42 Å². The van der Waals surface area contributed by atoms with E-state index in [2.05, 4.69) is 6.07 Å². The predicted molar refractivity (Wildman–Crippen MR) is 66.9 cm³/mol. The zero-order valence-electron chi connectivity index (χ0n) is 9.14. The lowest BCUT2D eigenvalue weighted by molar-refractivity contribution is 0.596. The van der Waals surface area contributed by atoms with Gasteiger partial charge in [-0.2, -0.15) is 0 Å². The molecule has 0 aliphatic rings. The molecule has 0 aliphatic heterocycles. The van der Waals surface area contributed by atoms with Gasteiger partial charge in [-0.1, -0.05) is 23.7 Å². The molecular weight excluding hydrogens is 256 g/mol. The van der Waals surface area contributed by atoms with E-state index in [-0.39, 0.29) is 9.79 Å². The van der Waals surface area contributed by atoms with Crippen LogP contribution in [0.1, 0.15) is 5.56 Å². The Kier molecular flexibility index (Phi) is 3.22. The highest BCUT2D eigenvalue weighted by molar-refractivity contribution is 7.91. The molecule has 1 radical (unpaired) electrons. The topological polar surface area (TPSA) is 34.1 Å². The molecule has 17 heavy (non-hydrogen) atoms. The van der Waals surface area contributed by atoms with Gasteiger partial charge in [0.1, 0.15) is 0 Å². The number of hydrogen-bond donors (Lipinski definition) is 0. The lowest BCUT2D eigenvalue weighted by atomic mass is 10.2. The molecule has 0 N–H and O–H groups in total. The van der Waals surface area contributed by atoms with E-state index in [1.807, 2.05) is 13.0 Å². The van der Waals surface area contributed by atoms with Crippen molar-refractivity contribution in [2.75, 3.05) is 0 Å². The molecule has 87 valence electrons. The zero-order valence-corrected chi connectivity index (χ0v) is 10.7. The third kappa shape index (κ3) is 2.51. The number of benzene rings is 2. The van der Waals surface area contributed by atoms with Gasteiger partial charge in [0.05, 0.1) is 9.79 Å². The van der Waals surface area contributed by atoms with Crippen LogP contribution in [-0.4, -0.2) is 8.42 Å². The van der Waals surface area contributed by atoms with Crippen molar-refractivity contribution < 1.29 is 8.42 Å². The van der Waals surface area contributed by atoms with E-state index in [1.54, 1.807) is 24.3 Å². The number of hydrogen-bond acceptors (Lipinski definition) is 2. The minimum Gasteiger partial charge on any atom is -0.218 e. The van der Waals surface area contributed by atoms with Crippen molar-refractivity contribution in [2.45, 2.75) is 16.7 Å². The van der Waals surface area contributed by atoms with E-state index >= 15 is 0 Å². The van der Waals surface area contributed by atoms with Crippen LogP contribution in [0.5, 0.6) is 0 Å². The van der Waals surface area contributed by atoms with Crippen LogP contribution in [0.3, 0.4) is 0 Å². The molecule has 0 spiro atoms. The molecule has 4 heteroatoms. The summed E-state index contributed by atoms with van der Waals surface area (Å²) in [4.78, 5) is 0.406. The van der Waals surface area contributed by atoms with Crippen LogP contribution >= 0.6 is 11.6 Å². The minimum absolute atomic E-state index is 0.132. The summed E-state index contributed by atoms with van der Waals surface area (Å²) in [5.74, 6) is 0. The molecule has 0 fully saturated rings. The summed E-state index contributed by atoms with van der Waals surface area (Å²) < 4.78 is 24.4. The van der Waals surface area contributed by atoms with Gasteiger partial charge in [-0.15, -0.1) is 0 Å². The highest BCUT2D eigenvalue weighted by Gasteiger charge is 2.17. The highest BCUT2D eigenvalue weighted by Crippen LogP contribution is 2.22. The van der Waals surface area contributed by atoms with Crippen LogP contribution < -0.4 is 0 Å². The number of sulfone groups is 1. The maximum absolute atomic E-state index is 12.2. The van der Waals surface area contributed by atoms with Crippen molar-refractivity contribution in [3.8, 4) is 0 Å². The Balaban J connectivity index is 2.54. The van der Waals surface area contributed by atoms with E-state index < -0.39 is 9.84 Å². The van der Waals surface area contributed by atoms with Crippen LogP contribution in [0, 0.1) is 13.0 Å². The Bertz CT molecular complexity index is 631. The third-order valence-corrected chi connectivity index (χ3v) is 4.28. The third-order valence-electron chi connectivity index (χ3n) is 2.34. The van der Waals surface area contributed by atoms with Crippen LogP contribution in [0.15, 0.2) is 52.3 Å². The lowest BCUT2D eigenvalue weighted by Gasteiger charge is -2.05. The largest absolute Gasteiger partial charge is 0.218 e. The molecule has 0 amide bonds. The fourth-order valence-electron chi connectivity index (χ4n) is 1.47. The average Bonchev–Trinajstić information content (AvgIpc) is 2.29. The summed E-state index contributed by atoms with van der Waals surface area (Å²) in [5, 5.41) is 0.466. The SMILES string of the molecule is Cc1cccc(S(=O)(=O)c2[c]cc(Cl)cc2)c1. The number of halogens is 1. The molecule has 2 nitrogen and oxygen atoms in total. The maximum atomic E-state index is 12.2. The summed E-state index contributed by atoms with van der Waals surface area (Å²) in [5.41, 5.74) is 0.903. The van der Waals surface area contributed by atoms with Gasteiger partial charge in [0.2, 0.25) is 9.84 Å². The molecule has 0 heterocycles. The van der Waals surface area contributed by atoms with Gasteiger partial charge in [-0.05, 0) is 42.8 Å². The molecule has 0 saturated carbocycles. The molecule has 0 saturated heterocycles. The van der Waals surface area contributed by atoms with E-state index in [1.165, 1.54) is 12.1 Å². The summed E-state index contributed by atoms with van der Waals surface area (Å²) in [6.07, 6.45) is 0. The predicted octanol–water partition coefficient (Wildman–Crippen LogP) is 3.28. The van der Waals surface area contributed by atoms with Gasteiger partial charge in [0, 0.05) is 11.1 Å². The van der Waals surface area contributed by atoms with E-state index in [4.69, 9.17) is 11.6 Å². The molecular formula is C13H10ClO2S. The van der Waals surface area contributed by atoms with Crippen molar-refractivity contribution in [3.05, 3.63) is 59.1 Å². The second-order valence-corrected chi connectivity index (χ2v) is 6.05. The van der Waals surface area contributed by atoms with Gasteiger partial charge < -0.3 is 0 Å². The fraction of sp³-hybridized carbons (Fsp3) is 0.0769. The van der Waals surface area contributed by atoms with Crippen molar-refractivity contribution in [1.29, 1.82) is 0 Å². The summed E-state index contributed by atoms with van der Waals surface area (Å²) >= 11 is 5.71. The maximum Gasteiger partial charge on any atom is 0.207 e. The molecule has 0 aromatic heterocycles. The van der Waals surface area contributed by atoms with Crippen molar-refractivity contribution in [3.63, 3.8) is 0 Å². The van der Waals surface area contributed by atoms with Gasteiger partial charge in [0.15, 0.2) is 0 Å². The van der Waals surface area contributed by atoms with Crippen LogP contribution in [0.4, 0.5) is 0 Å². The Morgan fingerprint density at radius 2 is 1.94 bits per heavy atom. The van der Waals surface area contributed by atoms with E-state index in [0.717, 1.165) is 5.56 Å². The number of rotatable bonds is 2. The summed E-state index contributed by atoms with van der Waals surface area (Å²) in [6, 6.07) is 13.9. The van der Waals surface area contributed by atoms with Crippen molar-refractivity contribution in [2.24, 2.45) is 0 Å². The van der Waals surface area contributed by atoms with Gasteiger partial charge >= 0.3 is 0 Å². The van der Waals surface area contributed by atoms with Crippen LogP contribution in [0.2, 0.25) is 5.02 Å². The van der Waals surface area contributed by atoms with Crippen LogP contribution in [0.25, 0.3) is 0 Å². The molecule has 2 rings (SSSR count). The lowest BCUT2D eigenvalue weighted by Crippen LogP contribution is -2.02. The molecule has 2 aromatic carbocycles. The van der Waals surface area contributed by atoms with E-state index in [9.17, 15) is 8.42 Å². The van der Waals surface area contributed by atoms with E-state index in [0.29, 0.717) is 5.02 Å².